The smallest absolute Gasteiger partial charge is 0.221 e. The van der Waals surface area contributed by atoms with E-state index in [1.165, 1.54) is 17.5 Å². The maximum Gasteiger partial charge on any atom is 0.221 e. The second-order valence-corrected chi connectivity index (χ2v) is 5.71. The summed E-state index contributed by atoms with van der Waals surface area (Å²) in [6.45, 7) is 5.90. The average molecular weight is 274 g/mol. The van der Waals surface area contributed by atoms with Gasteiger partial charge >= 0.3 is 0 Å². The van der Waals surface area contributed by atoms with Gasteiger partial charge in [-0.3, -0.25) is 4.79 Å². The van der Waals surface area contributed by atoms with Crippen LogP contribution in [0.15, 0.2) is 24.3 Å². The van der Waals surface area contributed by atoms with E-state index in [1.54, 1.807) is 0 Å². The van der Waals surface area contributed by atoms with Gasteiger partial charge in [0.25, 0.3) is 0 Å². The van der Waals surface area contributed by atoms with Crippen LogP contribution in [0, 0.1) is 0 Å². The lowest BCUT2D eigenvalue weighted by Gasteiger charge is -2.30. The van der Waals surface area contributed by atoms with Crippen molar-refractivity contribution in [3.63, 3.8) is 0 Å². The summed E-state index contributed by atoms with van der Waals surface area (Å²) >= 11 is 0. The topological polar surface area (TPSA) is 41.1 Å². The van der Waals surface area contributed by atoms with E-state index in [1.807, 2.05) is 0 Å². The number of amides is 1. The minimum absolute atomic E-state index is 0.150. The molecule has 110 valence electrons. The van der Waals surface area contributed by atoms with Gasteiger partial charge in [-0.05, 0) is 36.3 Å². The van der Waals surface area contributed by atoms with Crippen LogP contribution in [0.1, 0.15) is 62.6 Å². The molecule has 2 unspecified atom stereocenters. The Balaban J connectivity index is 1.85. The van der Waals surface area contributed by atoms with E-state index < -0.39 is 0 Å². The van der Waals surface area contributed by atoms with E-state index in [-0.39, 0.29) is 5.91 Å². The van der Waals surface area contributed by atoms with Crippen LogP contribution in [0.5, 0.6) is 0 Å². The van der Waals surface area contributed by atoms with E-state index in [0.29, 0.717) is 18.4 Å². The molecule has 0 aromatic heterocycles. The van der Waals surface area contributed by atoms with E-state index in [0.717, 1.165) is 25.9 Å². The predicted octanol–water partition coefficient (Wildman–Crippen LogP) is 3.13. The third-order valence-corrected chi connectivity index (χ3v) is 4.11. The maximum absolute atomic E-state index is 11.6. The summed E-state index contributed by atoms with van der Waals surface area (Å²) in [6.07, 6.45) is 3.94. The summed E-state index contributed by atoms with van der Waals surface area (Å²) in [5, 5.41) is 6.46. The van der Waals surface area contributed by atoms with Crippen LogP contribution in [0.3, 0.4) is 0 Å². The van der Waals surface area contributed by atoms with Gasteiger partial charge in [-0.15, -0.1) is 0 Å². The molecule has 0 radical (unpaired) electrons. The lowest BCUT2D eigenvalue weighted by molar-refractivity contribution is -0.121. The molecule has 2 atom stereocenters. The third-order valence-electron chi connectivity index (χ3n) is 4.11. The molecule has 1 aliphatic carbocycles. The van der Waals surface area contributed by atoms with Crippen LogP contribution < -0.4 is 10.6 Å². The molecule has 0 saturated heterocycles. The lowest BCUT2D eigenvalue weighted by atomic mass is 9.81. The number of fused-ring (bicyclic) bond motifs is 1. The fraction of sp³-hybridized carbons (Fsp3) is 0.588. The number of carbonyl (C=O) groups excluding carboxylic acids is 1. The third kappa shape index (κ3) is 3.83. The van der Waals surface area contributed by atoms with Crippen molar-refractivity contribution in [3.05, 3.63) is 35.4 Å². The zero-order valence-electron chi connectivity index (χ0n) is 12.6. The highest BCUT2D eigenvalue weighted by Gasteiger charge is 2.23. The van der Waals surface area contributed by atoms with Gasteiger partial charge in [-0.25, -0.2) is 0 Å². The molecule has 2 N–H and O–H groups in total. The summed E-state index contributed by atoms with van der Waals surface area (Å²) in [6, 6.07) is 9.10. The number of hydrogen-bond donors (Lipinski definition) is 2. The van der Waals surface area contributed by atoms with Gasteiger partial charge in [0.2, 0.25) is 5.91 Å². The molecule has 20 heavy (non-hydrogen) atoms. The number of rotatable bonds is 6. The monoisotopic (exact) mass is 274 g/mol. The summed E-state index contributed by atoms with van der Waals surface area (Å²) in [5.41, 5.74) is 2.88. The molecule has 0 fully saturated rings. The van der Waals surface area contributed by atoms with Gasteiger partial charge in [0.15, 0.2) is 0 Å². The molecule has 2 rings (SSSR count). The molecule has 0 heterocycles. The van der Waals surface area contributed by atoms with Crippen molar-refractivity contribution in [1.29, 1.82) is 0 Å². The van der Waals surface area contributed by atoms with Crippen molar-refractivity contribution in [1.82, 2.24) is 10.6 Å². The van der Waals surface area contributed by atoms with Crippen molar-refractivity contribution < 1.29 is 4.79 Å². The Morgan fingerprint density at radius 1 is 1.20 bits per heavy atom. The standard InChI is InChI=1S/C17H26N2O/c1-3-11-19-17(20)10-12-18-16-9-8-13(2)14-6-4-5-7-15(14)16/h4-7,13,16,18H,3,8-12H2,1-2H3,(H,19,20). The van der Waals surface area contributed by atoms with Crippen LogP contribution in [0.2, 0.25) is 0 Å². The van der Waals surface area contributed by atoms with E-state index in [9.17, 15) is 4.79 Å². The van der Waals surface area contributed by atoms with Gasteiger partial charge in [0.1, 0.15) is 0 Å². The molecule has 0 spiro atoms. The first-order valence-electron chi connectivity index (χ1n) is 7.81. The van der Waals surface area contributed by atoms with Crippen molar-refractivity contribution in [2.45, 2.75) is 51.5 Å². The van der Waals surface area contributed by atoms with Crippen molar-refractivity contribution >= 4 is 5.91 Å². The molecule has 3 heteroatoms. The molecule has 1 aromatic carbocycles. The Morgan fingerprint density at radius 2 is 1.95 bits per heavy atom. The van der Waals surface area contributed by atoms with Crippen LogP contribution in [-0.4, -0.2) is 19.0 Å². The molecule has 1 aliphatic rings. The highest BCUT2D eigenvalue weighted by atomic mass is 16.1. The number of benzene rings is 1. The zero-order valence-corrected chi connectivity index (χ0v) is 12.6. The summed E-state index contributed by atoms with van der Waals surface area (Å²) in [7, 11) is 0. The molecule has 0 aliphatic heterocycles. The maximum atomic E-state index is 11.6. The Bertz CT molecular complexity index is 444. The van der Waals surface area contributed by atoms with Crippen LogP contribution in [0.25, 0.3) is 0 Å². The molecular formula is C17H26N2O. The van der Waals surface area contributed by atoms with Crippen LogP contribution in [-0.2, 0) is 4.79 Å². The highest BCUT2D eigenvalue weighted by Crippen LogP contribution is 2.36. The summed E-state index contributed by atoms with van der Waals surface area (Å²) in [5.74, 6) is 0.800. The first-order chi connectivity index (χ1) is 9.72. The summed E-state index contributed by atoms with van der Waals surface area (Å²) in [4.78, 5) is 11.6. The minimum Gasteiger partial charge on any atom is -0.356 e. The molecule has 0 bridgehead atoms. The Hall–Kier alpha value is -1.35. The Morgan fingerprint density at radius 3 is 2.70 bits per heavy atom. The van der Waals surface area contributed by atoms with E-state index >= 15 is 0 Å². The second-order valence-electron chi connectivity index (χ2n) is 5.71. The van der Waals surface area contributed by atoms with Crippen molar-refractivity contribution in [3.8, 4) is 0 Å². The fourth-order valence-corrected chi connectivity index (χ4v) is 2.93. The van der Waals surface area contributed by atoms with Crippen molar-refractivity contribution in [2.75, 3.05) is 13.1 Å². The first kappa shape index (κ1) is 15.0. The number of carbonyl (C=O) groups is 1. The number of nitrogens with one attached hydrogen (secondary N) is 2. The van der Waals surface area contributed by atoms with Gasteiger partial charge in [-0.1, -0.05) is 38.1 Å². The largest absolute Gasteiger partial charge is 0.356 e. The molecule has 3 nitrogen and oxygen atoms in total. The second kappa shape index (κ2) is 7.44. The first-order valence-corrected chi connectivity index (χ1v) is 7.81. The van der Waals surface area contributed by atoms with E-state index in [4.69, 9.17) is 0 Å². The highest BCUT2D eigenvalue weighted by molar-refractivity contribution is 5.76. The Kier molecular flexibility index (Phi) is 5.60. The van der Waals surface area contributed by atoms with Crippen LogP contribution >= 0.6 is 0 Å². The van der Waals surface area contributed by atoms with E-state index in [2.05, 4.69) is 48.7 Å². The lowest BCUT2D eigenvalue weighted by Crippen LogP contribution is -2.31. The van der Waals surface area contributed by atoms with Gasteiger partial charge in [0, 0.05) is 25.6 Å². The molecule has 0 saturated carbocycles. The minimum atomic E-state index is 0.150. The van der Waals surface area contributed by atoms with Gasteiger partial charge in [-0.2, -0.15) is 0 Å². The number of hydrogen-bond acceptors (Lipinski definition) is 2. The normalized spacial score (nSPS) is 21.3. The van der Waals surface area contributed by atoms with Crippen LogP contribution in [0.4, 0.5) is 0 Å². The quantitative estimate of drug-likeness (QED) is 0.837. The molecular weight excluding hydrogens is 248 g/mol. The Labute approximate surface area is 122 Å². The predicted molar refractivity (Wildman–Crippen MR) is 82.8 cm³/mol. The summed E-state index contributed by atoms with van der Waals surface area (Å²) < 4.78 is 0. The van der Waals surface area contributed by atoms with Gasteiger partial charge < -0.3 is 10.6 Å². The van der Waals surface area contributed by atoms with Gasteiger partial charge in [0.05, 0.1) is 0 Å². The zero-order chi connectivity index (χ0) is 14.4. The fourth-order valence-electron chi connectivity index (χ4n) is 2.93. The molecule has 1 amide bonds. The molecule has 1 aromatic rings. The SMILES string of the molecule is CCCNC(=O)CCNC1CCC(C)c2ccccc21. The average Bonchev–Trinajstić information content (AvgIpc) is 2.48. The van der Waals surface area contributed by atoms with Crippen molar-refractivity contribution in [2.24, 2.45) is 0 Å².